The molecule has 1 amide bonds. The van der Waals surface area contributed by atoms with Crippen molar-refractivity contribution in [3.05, 3.63) is 0 Å². The van der Waals surface area contributed by atoms with E-state index in [4.69, 9.17) is 4.74 Å². The van der Waals surface area contributed by atoms with Gasteiger partial charge in [0.05, 0.1) is 18.2 Å². The van der Waals surface area contributed by atoms with Crippen LogP contribution in [-0.2, 0) is 9.53 Å². The Kier molecular flexibility index (Phi) is 3.82. The maximum atomic E-state index is 11.7. The number of ether oxygens (including phenoxy) is 1. The monoisotopic (exact) mass is 226 g/mol. The molecule has 2 aliphatic rings. The maximum absolute atomic E-state index is 11.7. The summed E-state index contributed by atoms with van der Waals surface area (Å²) in [5.74, 6) is 0.148. The van der Waals surface area contributed by atoms with E-state index in [1.54, 1.807) is 0 Å². The minimum Gasteiger partial charge on any atom is -0.373 e. The lowest BCUT2D eigenvalue weighted by Gasteiger charge is -2.20. The van der Waals surface area contributed by atoms with Gasteiger partial charge < -0.3 is 15.4 Å². The minimum atomic E-state index is 0.148. The number of carbonyl (C=O) groups is 1. The van der Waals surface area contributed by atoms with Crippen LogP contribution in [0.15, 0.2) is 0 Å². The second-order valence-corrected chi connectivity index (χ2v) is 5.14. The normalized spacial score (nSPS) is 32.3. The molecule has 2 N–H and O–H groups in total. The fourth-order valence-corrected chi connectivity index (χ4v) is 2.54. The van der Waals surface area contributed by atoms with E-state index in [1.807, 2.05) is 0 Å². The zero-order valence-corrected chi connectivity index (χ0v) is 10.2. The van der Waals surface area contributed by atoms with Crippen molar-refractivity contribution in [2.24, 2.45) is 0 Å². The molecule has 2 heterocycles. The largest absolute Gasteiger partial charge is 0.373 e. The van der Waals surface area contributed by atoms with Gasteiger partial charge in [-0.15, -0.1) is 0 Å². The second kappa shape index (κ2) is 5.15. The molecular formula is C12H22N2O2. The van der Waals surface area contributed by atoms with Gasteiger partial charge in [0.15, 0.2) is 0 Å². The Labute approximate surface area is 97.1 Å². The first kappa shape index (κ1) is 11.9. The lowest BCUT2D eigenvalue weighted by molar-refractivity contribution is -0.122. The van der Waals surface area contributed by atoms with Gasteiger partial charge in [0.25, 0.3) is 0 Å². The number of hydrogen-bond acceptors (Lipinski definition) is 3. The van der Waals surface area contributed by atoms with Crippen molar-refractivity contribution >= 4 is 5.91 Å². The number of hydrogen-bond donors (Lipinski definition) is 2. The fraction of sp³-hybridized carbons (Fsp3) is 0.917. The summed E-state index contributed by atoms with van der Waals surface area (Å²) < 4.78 is 5.70. The average Bonchev–Trinajstić information content (AvgIpc) is 2.78. The molecule has 0 aliphatic carbocycles. The number of fused-ring (bicyclic) bond motifs is 2. The molecule has 0 saturated carbocycles. The zero-order chi connectivity index (χ0) is 11.5. The predicted molar refractivity (Wildman–Crippen MR) is 62.2 cm³/mol. The molecule has 0 aromatic carbocycles. The first-order valence-corrected chi connectivity index (χ1v) is 6.33. The van der Waals surface area contributed by atoms with Crippen LogP contribution in [0.5, 0.6) is 0 Å². The van der Waals surface area contributed by atoms with E-state index >= 15 is 0 Å². The molecule has 2 fully saturated rings. The lowest BCUT2D eigenvalue weighted by Crippen LogP contribution is -2.42. The Morgan fingerprint density at radius 3 is 2.81 bits per heavy atom. The highest BCUT2D eigenvalue weighted by atomic mass is 16.5. The van der Waals surface area contributed by atoms with Gasteiger partial charge in [-0.3, -0.25) is 4.79 Å². The van der Waals surface area contributed by atoms with Gasteiger partial charge in [0, 0.05) is 19.0 Å². The van der Waals surface area contributed by atoms with Crippen LogP contribution in [0, 0.1) is 0 Å². The molecule has 16 heavy (non-hydrogen) atoms. The highest BCUT2D eigenvalue weighted by molar-refractivity contribution is 5.76. The van der Waals surface area contributed by atoms with Crippen LogP contribution in [0.3, 0.4) is 0 Å². The van der Waals surface area contributed by atoms with E-state index in [0.717, 1.165) is 19.4 Å². The molecule has 3 atom stereocenters. The summed E-state index contributed by atoms with van der Waals surface area (Å²) in [5, 5.41) is 6.32. The van der Waals surface area contributed by atoms with Gasteiger partial charge in [0.1, 0.15) is 0 Å². The smallest absolute Gasteiger partial charge is 0.221 e. The molecule has 4 nitrogen and oxygen atoms in total. The highest BCUT2D eigenvalue weighted by Gasteiger charge is 2.41. The molecule has 2 rings (SSSR count). The molecule has 0 aromatic heterocycles. The summed E-state index contributed by atoms with van der Waals surface area (Å²) in [4.78, 5) is 11.7. The number of nitrogens with one attached hydrogen (secondary N) is 2. The van der Waals surface area contributed by atoms with Crippen LogP contribution >= 0.6 is 0 Å². The van der Waals surface area contributed by atoms with Crippen LogP contribution < -0.4 is 10.6 Å². The van der Waals surface area contributed by atoms with Crippen molar-refractivity contribution in [3.63, 3.8) is 0 Å². The molecule has 0 aromatic rings. The lowest BCUT2D eigenvalue weighted by atomic mass is 9.95. The van der Waals surface area contributed by atoms with Gasteiger partial charge in [-0.2, -0.15) is 0 Å². The molecule has 2 aliphatic heterocycles. The Hall–Kier alpha value is -0.610. The Balaban J connectivity index is 1.64. The second-order valence-electron chi connectivity index (χ2n) is 5.14. The third-order valence-corrected chi connectivity index (χ3v) is 3.36. The Bertz CT molecular complexity index is 255. The number of carbonyl (C=O) groups excluding carboxylic acids is 1. The first-order valence-electron chi connectivity index (χ1n) is 6.33. The van der Waals surface area contributed by atoms with E-state index in [-0.39, 0.29) is 18.1 Å². The first-order chi connectivity index (χ1) is 7.65. The van der Waals surface area contributed by atoms with Crippen molar-refractivity contribution in [3.8, 4) is 0 Å². The molecule has 0 spiro atoms. The molecule has 2 saturated heterocycles. The van der Waals surface area contributed by atoms with Gasteiger partial charge >= 0.3 is 0 Å². The maximum Gasteiger partial charge on any atom is 0.221 e. The molecular weight excluding hydrogens is 204 g/mol. The number of amides is 1. The topological polar surface area (TPSA) is 50.4 Å². The van der Waals surface area contributed by atoms with Gasteiger partial charge in [0.2, 0.25) is 5.91 Å². The summed E-state index contributed by atoms with van der Waals surface area (Å²) in [6, 6.07) is 0.712. The summed E-state index contributed by atoms with van der Waals surface area (Å²) in [7, 11) is 0. The minimum absolute atomic E-state index is 0.148. The van der Waals surface area contributed by atoms with Crippen LogP contribution in [0.1, 0.15) is 39.5 Å². The van der Waals surface area contributed by atoms with E-state index < -0.39 is 0 Å². The van der Waals surface area contributed by atoms with E-state index in [9.17, 15) is 4.79 Å². The SMILES string of the molecule is CC(C)NCCC(=O)NC1CC2CCC1O2. The van der Waals surface area contributed by atoms with Crippen molar-refractivity contribution in [1.82, 2.24) is 10.6 Å². The van der Waals surface area contributed by atoms with Crippen LogP contribution in [-0.4, -0.2) is 36.7 Å². The van der Waals surface area contributed by atoms with Crippen molar-refractivity contribution in [2.75, 3.05) is 6.54 Å². The average molecular weight is 226 g/mol. The Morgan fingerprint density at radius 1 is 1.44 bits per heavy atom. The number of rotatable bonds is 5. The Morgan fingerprint density at radius 2 is 2.25 bits per heavy atom. The van der Waals surface area contributed by atoms with Crippen molar-refractivity contribution < 1.29 is 9.53 Å². The van der Waals surface area contributed by atoms with E-state index in [0.29, 0.717) is 18.6 Å². The van der Waals surface area contributed by atoms with Crippen LogP contribution in [0.2, 0.25) is 0 Å². The van der Waals surface area contributed by atoms with Gasteiger partial charge in [-0.25, -0.2) is 0 Å². The molecule has 3 unspecified atom stereocenters. The standard InChI is InChI=1S/C12H22N2O2/c1-8(2)13-6-5-12(15)14-10-7-9-3-4-11(10)16-9/h8-11,13H,3-7H2,1-2H3,(H,14,15). The summed E-state index contributed by atoms with van der Waals surface area (Å²) >= 11 is 0. The van der Waals surface area contributed by atoms with Gasteiger partial charge in [-0.1, -0.05) is 13.8 Å². The predicted octanol–water partition coefficient (Wildman–Crippen LogP) is 0.811. The quantitative estimate of drug-likeness (QED) is 0.729. The fourth-order valence-electron chi connectivity index (χ4n) is 2.54. The highest BCUT2D eigenvalue weighted by Crippen LogP contribution is 2.34. The molecule has 0 radical (unpaired) electrons. The molecule has 2 bridgehead atoms. The molecule has 92 valence electrons. The third kappa shape index (κ3) is 2.95. The third-order valence-electron chi connectivity index (χ3n) is 3.36. The van der Waals surface area contributed by atoms with Crippen molar-refractivity contribution in [2.45, 2.75) is 63.8 Å². The summed E-state index contributed by atoms with van der Waals surface area (Å²) in [6.45, 7) is 4.93. The van der Waals surface area contributed by atoms with Crippen LogP contribution in [0.25, 0.3) is 0 Å². The van der Waals surface area contributed by atoms with Crippen molar-refractivity contribution in [1.29, 1.82) is 0 Å². The van der Waals surface area contributed by atoms with E-state index in [1.165, 1.54) is 6.42 Å². The summed E-state index contributed by atoms with van der Waals surface area (Å²) in [6.07, 6.45) is 4.54. The zero-order valence-electron chi connectivity index (χ0n) is 10.2. The molecule has 4 heteroatoms. The van der Waals surface area contributed by atoms with Gasteiger partial charge in [-0.05, 0) is 19.3 Å². The van der Waals surface area contributed by atoms with E-state index in [2.05, 4.69) is 24.5 Å². The van der Waals surface area contributed by atoms with Crippen LogP contribution in [0.4, 0.5) is 0 Å². The summed E-state index contributed by atoms with van der Waals surface area (Å²) in [5.41, 5.74) is 0.